The number of rotatable bonds is 1. The van der Waals surface area contributed by atoms with Gasteiger partial charge in [-0.25, -0.2) is 8.78 Å². The van der Waals surface area contributed by atoms with Gasteiger partial charge in [0.2, 0.25) is 0 Å². The molecule has 0 N–H and O–H groups in total. The first-order chi connectivity index (χ1) is 6.58. The average molecular weight is 389 g/mol. The highest BCUT2D eigenvalue weighted by Gasteiger charge is 2.13. The summed E-state index contributed by atoms with van der Waals surface area (Å²) in [7, 11) is 0. The van der Waals surface area contributed by atoms with Gasteiger partial charge in [-0.3, -0.25) is 0 Å². The summed E-state index contributed by atoms with van der Waals surface area (Å²) in [6, 6.07) is 5.28. The van der Waals surface area contributed by atoms with Crippen LogP contribution in [0.3, 0.4) is 0 Å². The third-order valence-electron chi connectivity index (χ3n) is 1.84. The Labute approximate surface area is 106 Å². The number of hydrogen-bond acceptors (Lipinski definition) is 1. The van der Waals surface area contributed by atoms with Crippen molar-refractivity contribution in [2.24, 2.45) is 0 Å². The first-order valence-electron chi connectivity index (χ1n) is 3.74. The lowest BCUT2D eigenvalue weighted by atomic mass is 10.2. The molecule has 0 aliphatic rings. The monoisotopic (exact) mass is 388 g/mol. The second-order valence-corrected chi connectivity index (χ2v) is 6.60. The summed E-state index contributed by atoms with van der Waals surface area (Å²) in [6.07, 6.45) is -2.42. The number of alkyl halides is 2. The molecule has 0 saturated carbocycles. The molecule has 1 aromatic carbocycles. The predicted molar refractivity (Wildman–Crippen MR) is 67.2 cm³/mol. The third-order valence-corrected chi connectivity index (χ3v) is 4.39. The molecule has 0 spiro atoms. The second-order valence-electron chi connectivity index (χ2n) is 2.76. The van der Waals surface area contributed by atoms with Crippen LogP contribution >= 0.6 is 49.9 Å². The molecule has 5 heteroatoms. The topological polar surface area (TPSA) is 0 Å². The van der Waals surface area contributed by atoms with Gasteiger partial charge in [0.15, 0.2) is 0 Å². The molecule has 0 saturated heterocycles. The average Bonchev–Trinajstić information content (AvgIpc) is 2.42. The van der Waals surface area contributed by atoms with Crippen molar-refractivity contribution >= 4 is 59.9 Å². The highest BCUT2D eigenvalue weighted by atomic mass is 127. The van der Waals surface area contributed by atoms with Crippen molar-refractivity contribution in [2.45, 2.75) is 6.43 Å². The Bertz CT molecular complexity index is 481. The molecule has 1 heterocycles. The second kappa shape index (κ2) is 4.02. The van der Waals surface area contributed by atoms with Gasteiger partial charge in [0.05, 0.1) is 2.88 Å². The minimum absolute atomic E-state index is 0.0655. The minimum atomic E-state index is -2.42. The molecular formula is C9H4BrF2IS. The van der Waals surface area contributed by atoms with Crippen LogP contribution in [-0.4, -0.2) is 0 Å². The van der Waals surface area contributed by atoms with Crippen LogP contribution in [0.2, 0.25) is 0 Å². The Balaban J connectivity index is 2.70. The zero-order valence-electron chi connectivity index (χ0n) is 6.73. The minimum Gasteiger partial charge on any atom is -0.205 e. The zero-order chi connectivity index (χ0) is 10.3. The van der Waals surface area contributed by atoms with Gasteiger partial charge in [-0.05, 0) is 46.2 Å². The van der Waals surface area contributed by atoms with Gasteiger partial charge in [-0.15, -0.1) is 11.3 Å². The van der Waals surface area contributed by atoms with E-state index in [0.717, 1.165) is 13.0 Å². The number of thiophene rings is 1. The number of hydrogen-bond donors (Lipinski definition) is 0. The Morgan fingerprint density at radius 1 is 1.29 bits per heavy atom. The summed E-state index contributed by atoms with van der Waals surface area (Å²) in [5, 5.41) is 1.01. The lowest BCUT2D eigenvalue weighted by Gasteiger charge is -2.02. The van der Waals surface area contributed by atoms with Gasteiger partial charge in [-0.1, -0.05) is 15.9 Å². The molecule has 1 aromatic heterocycles. The van der Waals surface area contributed by atoms with Gasteiger partial charge >= 0.3 is 0 Å². The van der Waals surface area contributed by atoms with Crippen LogP contribution in [0.15, 0.2) is 22.7 Å². The largest absolute Gasteiger partial charge is 0.264 e. The van der Waals surface area contributed by atoms with Crippen LogP contribution in [0.5, 0.6) is 0 Å². The summed E-state index contributed by atoms with van der Waals surface area (Å²) in [6.45, 7) is 0. The molecule has 0 unspecified atom stereocenters. The molecule has 2 rings (SSSR count). The summed E-state index contributed by atoms with van der Waals surface area (Å²) in [5.41, 5.74) is 0.0655. The fourth-order valence-electron chi connectivity index (χ4n) is 1.21. The van der Waals surface area contributed by atoms with E-state index < -0.39 is 6.43 Å². The van der Waals surface area contributed by atoms with Crippen LogP contribution in [0.1, 0.15) is 12.0 Å². The van der Waals surface area contributed by atoms with Crippen molar-refractivity contribution in [3.8, 4) is 0 Å². The van der Waals surface area contributed by atoms with Crippen molar-refractivity contribution in [1.82, 2.24) is 0 Å². The Kier molecular flexibility index (Phi) is 3.09. The first kappa shape index (κ1) is 10.8. The van der Waals surface area contributed by atoms with E-state index >= 15 is 0 Å². The molecule has 74 valence electrons. The number of halogens is 4. The summed E-state index contributed by atoms with van der Waals surface area (Å²) in [5.74, 6) is 0. The van der Waals surface area contributed by atoms with Gasteiger partial charge in [0.1, 0.15) is 0 Å². The molecule has 0 aliphatic heterocycles. The van der Waals surface area contributed by atoms with Gasteiger partial charge in [0.25, 0.3) is 6.43 Å². The van der Waals surface area contributed by atoms with Crippen molar-refractivity contribution in [1.29, 1.82) is 0 Å². The first-order valence-corrected chi connectivity index (χ1v) is 6.43. The predicted octanol–water partition coefficient (Wildman–Crippen LogP) is 5.21. The van der Waals surface area contributed by atoms with E-state index in [-0.39, 0.29) is 5.56 Å². The SMILES string of the molecule is FC(F)c1cc2sc(I)cc2cc1Br. The maximum atomic E-state index is 12.5. The molecule has 0 atom stereocenters. The quantitative estimate of drug-likeness (QED) is 0.588. The lowest BCUT2D eigenvalue weighted by Crippen LogP contribution is -1.84. The van der Waals surface area contributed by atoms with Crippen LogP contribution < -0.4 is 0 Å². The summed E-state index contributed by atoms with van der Waals surface area (Å²) < 4.78 is 27.6. The molecule has 0 amide bonds. The standard InChI is InChI=1S/C9H4BrF2IS/c10-6-1-4-2-8(13)14-7(4)3-5(6)9(11)12/h1-3,9H. The van der Waals surface area contributed by atoms with E-state index in [2.05, 4.69) is 38.5 Å². The molecular weight excluding hydrogens is 385 g/mol. The molecule has 0 nitrogen and oxygen atoms in total. The summed E-state index contributed by atoms with van der Waals surface area (Å²) in [4.78, 5) is 0. The van der Waals surface area contributed by atoms with E-state index in [0.29, 0.717) is 4.47 Å². The van der Waals surface area contributed by atoms with E-state index in [1.165, 1.54) is 11.3 Å². The highest BCUT2D eigenvalue weighted by Crippen LogP contribution is 2.35. The molecule has 0 aliphatic carbocycles. The zero-order valence-corrected chi connectivity index (χ0v) is 11.3. The van der Waals surface area contributed by atoms with E-state index in [1.54, 1.807) is 12.1 Å². The Morgan fingerprint density at radius 3 is 2.64 bits per heavy atom. The smallest absolute Gasteiger partial charge is 0.205 e. The molecule has 2 aromatic rings. The van der Waals surface area contributed by atoms with Gasteiger partial charge in [-0.2, -0.15) is 0 Å². The maximum absolute atomic E-state index is 12.5. The van der Waals surface area contributed by atoms with Gasteiger partial charge < -0.3 is 0 Å². The Hall–Kier alpha value is 0.250. The van der Waals surface area contributed by atoms with E-state index in [4.69, 9.17) is 0 Å². The molecule has 0 bridgehead atoms. The number of fused-ring (bicyclic) bond motifs is 1. The third kappa shape index (κ3) is 1.94. The van der Waals surface area contributed by atoms with Crippen molar-refractivity contribution in [3.63, 3.8) is 0 Å². The molecule has 0 fully saturated rings. The van der Waals surface area contributed by atoms with Gasteiger partial charge in [0, 0.05) is 14.7 Å². The van der Waals surface area contributed by atoms with Crippen molar-refractivity contribution in [2.75, 3.05) is 0 Å². The van der Waals surface area contributed by atoms with Crippen molar-refractivity contribution < 1.29 is 8.78 Å². The number of benzene rings is 1. The normalized spacial score (nSPS) is 11.5. The lowest BCUT2D eigenvalue weighted by molar-refractivity contribution is 0.151. The maximum Gasteiger partial charge on any atom is 0.264 e. The van der Waals surface area contributed by atoms with Crippen LogP contribution in [0.25, 0.3) is 10.1 Å². The van der Waals surface area contributed by atoms with E-state index in [9.17, 15) is 8.78 Å². The molecule has 0 radical (unpaired) electrons. The Morgan fingerprint density at radius 2 is 2.00 bits per heavy atom. The highest BCUT2D eigenvalue weighted by molar-refractivity contribution is 14.1. The van der Waals surface area contributed by atoms with Crippen LogP contribution in [-0.2, 0) is 0 Å². The fourth-order valence-corrected chi connectivity index (χ4v) is 3.61. The van der Waals surface area contributed by atoms with Crippen LogP contribution in [0, 0.1) is 2.88 Å². The van der Waals surface area contributed by atoms with Crippen LogP contribution in [0.4, 0.5) is 8.78 Å². The molecule has 14 heavy (non-hydrogen) atoms. The van der Waals surface area contributed by atoms with Crippen molar-refractivity contribution in [3.05, 3.63) is 31.1 Å². The fraction of sp³-hybridized carbons (Fsp3) is 0.111. The van der Waals surface area contributed by atoms with E-state index in [1.807, 2.05) is 6.07 Å². The summed E-state index contributed by atoms with van der Waals surface area (Å²) >= 11 is 6.86.